The van der Waals surface area contributed by atoms with Crippen molar-refractivity contribution in [1.29, 1.82) is 5.26 Å². The highest BCUT2D eigenvalue weighted by Crippen LogP contribution is 2.11. The largest absolute Gasteiger partial charge is 0.389 e. The normalized spacial score (nSPS) is 21.7. The summed E-state index contributed by atoms with van der Waals surface area (Å²) in [6.07, 6.45) is 0.603. The standard InChI is InChI=1S/C12H23N3O/c1-11(4-5-13)15-8-6-14(7-9-15)10-12(2,3)16/h11,16H,4,6-10H2,1-3H3. The van der Waals surface area contributed by atoms with E-state index in [9.17, 15) is 5.11 Å². The molecule has 1 atom stereocenters. The SMILES string of the molecule is CC(CC#N)N1CCN(CC(C)(C)O)CC1. The topological polar surface area (TPSA) is 50.5 Å². The molecular formula is C12H23N3O. The number of rotatable bonds is 4. The van der Waals surface area contributed by atoms with Gasteiger partial charge in [-0.15, -0.1) is 0 Å². The van der Waals surface area contributed by atoms with E-state index in [4.69, 9.17) is 5.26 Å². The highest BCUT2D eigenvalue weighted by atomic mass is 16.3. The zero-order valence-corrected chi connectivity index (χ0v) is 10.6. The zero-order chi connectivity index (χ0) is 12.2. The molecule has 0 aromatic rings. The number of nitrogens with zero attached hydrogens (tertiary/aromatic N) is 3. The molecule has 92 valence electrons. The van der Waals surface area contributed by atoms with Crippen LogP contribution in [0.15, 0.2) is 0 Å². The van der Waals surface area contributed by atoms with Crippen LogP contribution in [0, 0.1) is 11.3 Å². The molecule has 1 aliphatic heterocycles. The van der Waals surface area contributed by atoms with Gasteiger partial charge in [-0.3, -0.25) is 9.80 Å². The molecule has 1 saturated heterocycles. The van der Waals surface area contributed by atoms with Crippen molar-refractivity contribution < 1.29 is 5.11 Å². The van der Waals surface area contributed by atoms with Crippen LogP contribution in [0.1, 0.15) is 27.2 Å². The maximum Gasteiger partial charge on any atom is 0.0718 e. The number of piperazine rings is 1. The lowest BCUT2D eigenvalue weighted by molar-refractivity contribution is 0.0126. The minimum absolute atomic E-state index is 0.356. The lowest BCUT2D eigenvalue weighted by Gasteiger charge is -2.39. The van der Waals surface area contributed by atoms with Crippen LogP contribution in [-0.2, 0) is 0 Å². The van der Waals surface area contributed by atoms with Crippen molar-refractivity contribution in [3.05, 3.63) is 0 Å². The zero-order valence-electron chi connectivity index (χ0n) is 10.6. The second kappa shape index (κ2) is 5.62. The molecule has 0 amide bonds. The molecule has 1 heterocycles. The van der Waals surface area contributed by atoms with E-state index in [-0.39, 0.29) is 0 Å². The van der Waals surface area contributed by atoms with Crippen molar-refractivity contribution in [2.75, 3.05) is 32.7 Å². The van der Waals surface area contributed by atoms with Gasteiger partial charge in [-0.1, -0.05) is 0 Å². The van der Waals surface area contributed by atoms with Crippen molar-refractivity contribution in [2.45, 2.75) is 38.8 Å². The minimum atomic E-state index is -0.611. The molecule has 1 N–H and O–H groups in total. The van der Waals surface area contributed by atoms with Crippen molar-refractivity contribution in [3.63, 3.8) is 0 Å². The van der Waals surface area contributed by atoms with Crippen molar-refractivity contribution in [3.8, 4) is 6.07 Å². The Morgan fingerprint density at radius 1 is 1.31 bits per heavy atom. The van der Waals surface area contributed by atoms with E-state index in [1.54, 1.807) is 0 Å². The predicted octanol–water partition coefficient (Wildman–Crippen LogP) is 0.677. The van der Waals surface area contributed by atoms with Gasteiger partial charge in [0.15, 0.2) is 0 Å². The van der Waals surface area contributed by atoms with Gasteiger partial charge in [0.1, 0.15) is 0 Å². The molecule has 1 fully saturated rings. The first-order chi connectivity index (χ1) is 7.42. The Kier molecular flexibility index (Phi) is 4.72. The third kappa shape index (κ3) is 4.48. The molecule has 4 heteroatoms. The van der Waals surface area contributed by atoms with Gasteiger partial charge in [-0.25, -0.2) is 0 Å². The molecule has 4 nitrogen and oxygen atoms in total. The maximum atomic E-state index is 9.73. The maximum absolute atomic E-state index is 9.73. The molecular weight excluding hydrogens is 202 g/mol. The van der Waals surface area contributed by atoms with Crippen LogP contribution in [0.2, 0.25) is 0 Å². The van der Waals surface area contributed by atoms with E-state index in [0.717, 1.165) is 32.7 Å². The molecule has 1 aliphatic rings. The highest BCUT2D eigenvalue weighted by Gasteiger charge is 2.24. The fourth-order valence-electron chi connectivity index (χ4n) is 2.17. The molecule has 0 aromatic heterocycles. The first-order valence-corrected chi connectivity index (χ1v) is 5.98. The molecule has 0 bridgehead atoms. The summed E-state index contributed by atoms with van der Waals surface area (Å²) < 4.78 is 0. The molecule has 16 heavy (non-hydrogen) atoms. The van der Waals surface area contributed by atoms with Gasteiger partial charge in [-0.2, -0.15) is 5.26 Å². The summed E-state index contributed by atoms with van der Waals surface area (Å²) >= 11 is 0. The molecule has 0 radical (unpaired) electrons. The minimum Gasteiger partial charge on any atom is -0.389 e. The van der Waals surface area contributed by atoms with E-state index < -0.39 is 5.60 Å². The predicted molar refractivity (Wildman–Crippen MR) is 64.0 cm³/mol. The summed E-state index contributed by atoms with van der Waals surface area (Å²) in [4.78, 5) is 4.64. The highest BCUT2D eigenvalue weighted by molar-refractivity contribution is 4.84. The van der Waals surface area contributed by atoms with E-state index in [0.29, 0.717) is 12.5 Å². The average molecular weight is 225 g/mol. The molecule has 1 unspecified atom stereocenters. The van der Waals surface area contributed by atoms with Gasteiger partial charge in [0.05, 0.1) is 18.1 Å². The quantitative estimate of drug-likeness (QED) is 0.764. The second-order valence-corrected chi connectivity index (χ2v) is 5.34. The van der Waals surface area contributed by atoms with Crippen molar-refractivity contribution >= 4 is 0 Å². The summed E-state index contributed by atoms with van der Waals surface area (Å²) in [7, 11) is 0. The summed E-state index contributed by atoms with van der Waals surface area (Å²) in [6.45, 7) is 10.5. The Morgan fingerprint density at radius 3 is 2.31 bits per heavy atom. The van der Waals surface area contributed by atoms with Crippen LogP contribution in [0.25, 0.3) is 0 Å². The van der Waals surface area contributed by atoms with Gasteiger partial charge >= 0.3 is 0 Å². The third-order valence-corrected chi connectivity index (χ3v) is 3.03. The summed E-state index contributed by atoms with van der Waals surface area (Å²) in [5, 5.41) is 18.4. The van der Waals surface area contributed by atoms with Crippen LogP contribution in [0.5, 0.6) is 0 Å². The van der Waals surface area contributed by atoms with E-state index >= 15 is 0 Å². The number of hydrogen-bond donors (Lipinski definition) is 1. The van der Waals surface area contributed by atoms with Gasteiger partial charge in [0.2, 0.25) is 0 Å². The van der Waals surface area contributed by atoms with Crippen LogP contribution in [0.4, 0.5) is 0 Å². The smallest absolute Gasteiger partial charge is 0.0718 e. The number of hydrogen-bond acceptors (Lipinski definition) is 4. The number of aliphatic hydroxyl groups is 1. The second-order valence-electron chi connectivity index (χ2n) is 5.34. The van der Waals surface area contributed by atoms with Crippen molar-refractivity contribution in [2.24, 2.45) is 0 Å². The van der Waals surface area contributed by atoms with Gasteiger partial charge in [0.25, 0.3) is 0 Å². The van der Waals surface area contributed by atoms with Crippen LogP contribution < -0.4 is 0 Å². The van der Waals surface area contributed by atoms with Crippen LogP contribution >= 0.6 is 0 Å². The van der Waals surface area contributed by atoms with Gasteiger partial charge < -0.3 is 5.11 Å². The van der Waals surface area contributed by atoms with E-state index in [2.05, 4.69) is 22.8 Å². The van der Waals surface area contributed by atoms with Crippen LogP contribution in [0.3, 0.4) is 0 Å². The first-order valence-electron chi connectivity index (χ1n) is 5.98. The average Bonchev–Trinajstić information content (AvgIpc) is 2.16. The molecule has 0 aromatic carbocycles. The summed E-state index contributed by atoms with van der Waals surface area (Å²) in [6, 6.07) is 2.57. The number of nitriles is 1. The lowest BCUT2D eigenvalue weighted by atomic mass is 10.1. The Hall–Kier alpha value is -0.630. The monoisotopic (exact) mass is 225 g/mol. The molecule has 1 rings (SSSR count). The lowest BCUT2D eigenvalue weighted by Crippen LogP contribution is -2.52. The van der Waals surface area contributed by atoms with E-state index in [1.165, 1.54) is 0 Å². The van der Waals surface area contributed by atoms with Gasteiger partial charge in [0, 0.05) is 38.8 Å². The molecule has 0 spiro atoms. The summed E-state index contributed by atoms with van der Waals surface area (Å²) in [5.74, 6) is 0. The third-order valence-electron chi connectivity index (χ3n) is 3.03. The summed E-state index contributed by atoms with van der Waals surface area (Å²) in [5.41, 5.74) is -0.611. The Bertz CT molecular complexity index is 246. The Morgan fingerprint density at radius 2 is 1.88 bits per heavy atom. The molecule has 0 aliphatic carbocycles. The molecule has 0 saturated carbocycles. The van der Waals surface area contributed by atoms with Gasteiger partial charge in [-0.05, 0) is 20.8 Å². The fourth-order valence-corrected chi connectivity index (χ4v) is 2.17. The fraction of sp³-hybridized carbons (Fsp3) is 0.917. The van der Waals surface area contributed by atoms with Crippen LogP contribution in [-0.4, -0.2) is 59.3 Å². The Balaban J connectivity index is 2.32. The number of β-amino-alcohol motifs (C(OH)–C–C–N with tert-alkyl or cyclic N) is 1. The first kappa shape index (κ1) is 13.4. The Labute approximate surface area is 98.5 Å². The van der Waals surface area contributed by atoms with E-state index in [1.807, 2.05) is 13.8 Å². The van der Waals surface area contributed by atoms with Crippen molar-refractivity contribution in [1.82, 2.24) is 9.80 Å².